The summed E-state index contributed by atoms with van der Waals surface area (Å²) in [4.78, 5) is 32.4. The van der Waals surface area contributed by atoms with E-state index in [4.69, 9.17) is 13.9 Å². The molecule has 0 aliphatic rings. The average Bonchev–Trinajstić information content (AvgIpc) is 2.76. The van der Waals surface area contributed by atoms with Crippen LogP contribution in [-0.2, 0) is 37.6 Å². The number of hydrogen-bond donors (Lipinski definition) is 0. The van der Waals surface area contributed by atoms with Crippen molar-refractivity contribution >= 4 is 26.5 Å². The molecule has 0 heterocycles. The Balaban J connectivity index is -0.000000128. The third-order valence-electron chi connectivity index (χ3n) is 3.52. The second-order valence-corrected chi connectivity index (χ2v) is 15.2. The van der Waals surface area contributed by atoms with Crippen molar-refractivity contribution in [1.29, 1.82) is 0 Å². The van der Waals surface area contributed by atoms with Crippen LogP contribution in [-0.4, -0.2) is 96.6 Å². The second-order valence-electron chi connectivity index (χ2n) is 10.7. The number of methoxy groups -OCH3 is 3. The first-order chi connectivity index (χ1) is 18.0. The molecule has 0 N–H and O–H groups in total. The van der Waals surface area contributed by atoms with Gasteiger partial charge in [-0.05, 0) is 95.8 Å². The van der Waals surface area contributed by atoms with Crippen LogP contribution >= 0.6 is 0 Å². The first-order valence-corrected chi connectivity index (χ1v) is 17.0. The number of carbonyl (C=O) groups excluding carboxylic acids is 3. The van der Waals surface area contributed by atoms with E-state index in [1.807, 2.05) is 48.5 Å². The zero-order valence-corrected chi connectivity index (χ0v) is 30.0. The molecule has 12 heteroatoms. The van der Waals surface area contributed by atoms with Crippen molar-refractivity contribution in [2.45, 2.75) is 139 Å². The summed E-state index contributed by atoms with van der Waals surface area (Å²) >= 11 is 0. The van der Waals surface area contributed by atoms with Crippen molar-refractivity contribution in [3.63, 3.8) is 0 Å². The predicted octanol–water partition coefficient (Wildman–Crippen LogP) is 6.88. The summed E-state index contributed by atoms with van der Waals surface area (Å²) in [6, 6.07) is 0.206. The van der Waals surface area contributed by atoms with Crippen LogP contribution in [0, 0.1) is 0 Å². The largest absolute Gasteiger partial charge is 0.508 e. The van der Waals surface area contributed by atoms with Crippen LogP contribution in [0.4, 0.5) is 9.59 Å². The Kier molecular flexibility index (Phi) is 34.3. The first kappa shape index (κ1) is 47.9. The third kappa shape index (κ3) is 52.5. The molecular formula is C28H63NO10Si. The zero-order chi connectivity index (χ0) is 33.2. The summed E-state index contributed by atoms with van der Waals surface area (Å²) in [5.74, 6) is -0.213. The van der Waals surface area contributed by atoms with E-state index in [-0.39, 0.29) is 42.7 Å². The van der Waals surface area contributed by atoms with Gasteiger partial charge in [0.05, 0.1) is 32.5 Å². The van der Waals surface area contributed by atoms with Crippen LogP contribution in [0.5, 0.6) is 0 Å². The molecule has 0 rings (SSSR count). The average molecular weight is 602 g/mol. The van der Waals surface area contributed by atoms with Gasteiger partial charge in [0, 0.05) is 33.2 Å². The zero-order valence-electron chi connectivity index (χ0n) is 29.0. The lowest BCUT2D eigenvalue weighted by Crippen LogP contribution is -2.32. The van der Waals surface area contributed by atoms with Crippen LogP contribution in [0.25, 0.3) is 0 Å². The van der Waals surface area contributed by atoms with Crippen LogP contribution in [0.1, 0.15) is 83.1 Å². The molecule has 0 aliphatic heterocycles. The van der Waals surface area contributed by atoms with Gasteiger partial charge in [0.1, 0.15) is 0 Å². The summed E-state index contributed by atoms with van der Waals surface area (Å²) in [7, 11) is 4.78. The Bertz CT molecular complexity index is 606. The van der Waals surface area contributed by atoms with E-state index in [1.54, 1.807) is 28.0 Å². The Morgan fingerprint density at radius 1 is 0.650 bits per heavy atom. The highest BCUT2D eigenvalue weighted by Gasteiger charge is 2.15. The molecule has 244 valence electrons. The lowest BCUT2D eigenvalue weighted by molar-refractivity contribution is -0.144. The summed E-state index contributed by atoms with van der Waals surface area (Å²) in [6.45, 7) is 29.0. The molecule has 0 aromatic rings. The molecule has 1 atom stereocenters. The standard InChI is InChI=1S/C6H13NO2.C6H14O2.C6H16OSi.C5H10O3.C5H10O2/c1-5(2)7(3)6(8)9-4;1-5(2)8-6(3)7-4;1-6(2)7-8(3,4)5;1-4(2)8-5(6)7-3;1-4(2)7-5(3)6/h5H,1-4H3;5-6H,1-4H3;6H,1-5H3;4H,1-3H3;4H,1-3H3. The predicted molar refractivity (Wildman–Crippen MR) is 163 cm³/mol. The van der Waals surface area contributed by atoms with Crippen molar-refractivity contribution in [3.05, 3.63) is 0 Å². The summed E-state index contributed by atoms with van der Waals surface area (Å²) in [5, 5.41) is 0. The minimum absolute atomic E-state index is 0.0255. The summed E-state index contributed by atoms with van der Waals surface area (Å²) in [5.41, 5.74) is 0. The highest BCUT2D eigenvalue weighted by molar-refractivity contribution is 6.69. The number of carbonyl (C=O) groups is 3. The third-order valence-corrected chi connectivity index (χ3v) is 4.70. The van der Waals surface area contributed by atoms with Crippen molar-refractivity contribution in [2.24, 2.45) is 0 Å². The quantitative estimate of drug-likeness (QED) is 0.126. The lowest BCUT2D eigenvalue weighted by Gasteiger charge is -2.19. The van der Waals surface area contributed by atoms with E-state index in [0.29, 0.717) is 6.10 Å². The van der Waals surface area contributed by atoms with E-state index in [0.717, 1.165) is 0 Å². The maximum atomic E-state index is 10.7. The molecular weight excluding hydrogens is 538 g/mol. The fourth-order valence-electron chi connectivity index (χ4n) is 2.07. The molecule has 1 amide bonds. The summed E-state index contributed by atoms with van der Waals surface area (Å²) in [6.07, 6.45) is -0.397. The Hall–Kier alpha value is -1.89. The molecule has 1 unspecified atom stereocenters. The molecule has 0 saturated carbocycles. The number of hydrogen-bond acceptors (Lipinski definition) is 10. The molecule has 0 aromatic heterocycles. The molecule has 0 spiro atoms. The van der Waals surface area contributed by atoms with E-state index in [9.17, 15) is 14.4 Å². The van der Waals surface area contributed by atoms with Gasteiger partial charge in [-0.3, -0.25) is 4.79 Å². The fourth-order valence-corrected chi connectivity index (χ4v) is 3.49. The molecule has 0 aromatic carbocycles. The van der Waals surface area contributed by atoms with Crippen LogP contribution in [0.3, 0.4) is 0 Å². The van der Waals surface area contributed by atoms with Gasteiger partial charge in [0.15, 0.2) is 14.6 Å². The van der Waals surface area contributed by atoms with E-state index >= 15 is 0 Å². The highest BCUT2D eigenvalue weighted by Crippen LogP contribution is 2.05. The number of esters is 1. The van der Waals surface area contributed by atoms with Gasteiger partial charge in [0.25, 0.3) is 0 Å². The number of amides is 1. The van der Waals surface area contributed by atoms with Crippen molar-refractivity contribution in [3.8, 4) is 0 Å². The summed E-state index contributed by atoms with van der Waals surface area (Å²) < 4.78 is 33.4. The van der Waals surface area contributed by atoms with Crippen LogP contribution in [0.15, 0.2) is 0 Å². The maximum Gasteiger partial charge on any atom is 0.508 e. The van der Waals surface area contributed by atoms with Crippen molar-refractivity contribution in [1.82, 2.24) is 4.90 Å². The van der Waals surface area contributed by atoms with Gasteiger partial charge < -0.3 is 37.7 Å². The van der Waals surface area contributed by atoms with Gasteiger partial charge >= 0.3 is 18.2 Å². The SMILES string of the molecule is CC(=O)OC(C)C.CC(C)O[Si](C)(C)C.COC(=O)N(C)C(C)C.COC(=O)OC(C)C.COC(C)OC(C)C. The molecule has 0 saturated heterocycles. The van der Waals surface area contributed by atoms with Crippen molar-refractivity contribution in [2.75, 3.05) is 28.4 Å². The lowest BCUT2D eigenvalue weighted by atomic mass is 10.4. The Labute approximate surface area is 246 Å². The first-order valence-electron chi connectivity index (χ1n) is 13.6. The van der Waals surface area contributed by atoms with Gasteiger partial charge in [-0.15, -0.1) is 0 Å². The van der Waals surface area contributed by atoms with E-state index in [2.05, 4.69) is 52.4 Å². The van der Waals surface area contributed by atoms with Crippen LogP contribution in [0.2, 0.25) is 19.6 Å². The number of rotatable bonds is 8. The minimum atomic E-state index is -1.22. The topological polar surface area (TPSA) is 119 Å². The van der Waals surface area contributed by atoms with Gasteiger partial charge in [-0.2, -0.15) is 0 Å². The van der Waals surface area contributed by atoms with Gasteiger partial charge in [0.2, 0.25) is 0 Å². The van der Waals surface area contributed by atoms with Crippen LogP contribution < -0.4 is 0 Å². The van der Waals surface area contributed by atoms with Gasteiger partial charge in [-0.1, -0.05) is 0 Å². The minimum Gasteiger partial charge on any atom is -0.463 e. The monoisotopic (exact) mass is 601 g/mol. The molecule has 11 nitrogen and oxygen atoms in total. The second kappa shape index (κ2) is 28.6. The number of ether oxygens (including phenoxy) is 6. The van der Waals surface area contributed by atoms with Gasteiger partial charge in [-0.25, -0.2) is 9.59 Å². The normalized spacial score (nSPS) is 11.0. The molecule has 40 heavy (non-hydrogen) atoms. The molecule has 0 aliphatic carbocycles. The smallest absolute Gasteiger partial charge is 0.463 e. The van der Waals surface area contributed by atoms with Crippen molar-refractivity contribution < 1.29 is 47.2 Å². The van der Waals surface area contributed by atoms with E-state index in [1.165, 1.54) is 26.0 Å². The fraction of sp³-hybridized carbons (Fsp3) is 0.893. The van der Waals surface area contributed by atoms with E-state index < -0.39 is 14.5 Å². The Morgan fingerprint density at radius 3 is 1.15 bits per heavy atom. The highest BCUT2D eigenvalue weighted by atomic mass is 28.4. The number of nitrogens with zero attached hydrogens (tertiary/aromatic N) is 1. The molecule has 0 radical (unpaired) electrons. The molecule has 0 fully saturated rings. The maximum absolute atomic E-state index is 10.7. The molecule has 0 bridgehead atoms. The Morgan fingerprint density at radius 2 is 1.07 bits per heavy atom.